The molecule has 0 unspecified atom stereocenters. The summed E-state index contributed by atoms with van der Waals surface area (Å²) in [6, 6.07) is 0. The molecule has 1 aromatic heterocycles. The van der Waals surface area contributed by atoms with Gasteiger partial charge in [0.15, 0.2) is 5.78 Å². The molecule has 1 aliphatic rings. The molecule has 1 aliphatic carbocycles. The van der Waals surface area contributed by atoms with E-state index in [2.05, 4.69) is 10.3 Å². The summed E-state index contributed by atoms with van der Waals surface area (Å²) in [5, 5.41) is 4.18. The van der Waals surface area contributed by atoms with E-state index in [1.165, 1.54) is 11.3 Å². The largest absolute Gasteiger partial charge is 0.308 e. The van der Waals surface area contributed by atoms with Crippen LogP contribution in [-0.2, 0) is 0 Å². The average molecular weight is 224 g/mol. The number of carbonyl (C=O) groups is 1. The lowest BCUT2D eigenvalue weighted by Gasteiger charge is -2.25. The lowest BCUT2D eigenvalue weighted by atomic mass is 9.91. The maximum Gasteiger partial charge on any atom is 0.194 e. The first-order valence-corrected chi connectivity index (χ1v) is 6.16. The second kappa shape index (κ2) is 4.02. The Bertz CT molecular complexity index is 366. The van der Waals surface area contributed by atoms with E-state index in [0.717, 1.165) is 35.6 Å². The molecule has 0 aromatic carbocycles. The van der Waals surface area contributed by atoms with Crippen molar-refractivity contribution in [1.29, 1.82) is 0 Å². The third-order valence-corrected chi connectivity index (χ3v) is 4.13. The number of nitrogens with one attached hydrogen (secondary N) is 1. The number of thiazole rings is 1. The zero-order valence-corrected chi connectivity index (χ0v) is 9.99. The van der Waals surface area contributed by atoms with Crippen molar-refractivity contribution in [3.05, 3.63) is 16.1 Å². The first-order valence-electron chi connectivity index (χ1n) is 5.34. The van der Waals surface area contributed by atoms with Crippen LogP contribution in [0.5, 0.6) is 0 Å². The van der Waals surface area contributed by atoms with Crippen LogP contribution < -0.4 is 5.32 Å². The number of ketones is 1. The van der Waals surface area contributed by atoms with E-state index in [9.17, 15) is 4.79 Å². The molecule has 0 saturated heterocycles. The molecular weight excluding hydrogens is 208 g/mol. The van der Waals surface area contributed by atoms with Crippen LogP contribution >= 0.6 is 11.3 Å². The van der Waals surface area contributed by atoms with Crippen LogP contribution in [0.3, 0.4) is 0 Å². The van der Waals surface area contributed by atoms with Crippen molar-refractivity contribution in [2.45, 2.75) is 38.1 Å². The molecule has 4 heteroatoms. The van der Waals surface area contributed by atoms with Crippen molar-refractivity contribution in [1.82, 2.24) is 10.3 Å². The van der Waals surface area contributed by atoms with Crippen molar-refractivity contribution < 1.29 is 4.79 Å². The molecule has 3 nitrogen and oxygen atoms in total. The van der Waals surface area contributed by atoms with Crippen molar-refractivity contribution in [3.63, 3.8) is 0 Å². The summed E-state index contributed by atoms with van der Waals surface area (Å²) in [6.45, 7) is 1.93. The van der Waals surface area contributed by atoms with Crippen LogP contribution in [0, 0.1) is 6.92 Å². The summed E-state index contributed by atoms with van der Waals surface area (Å²) >= 11 is 1.50. The fourth-order valence-corrected chi connectivity index (χ4v) is 3.09. The number of carbonyl (C=O) groups excluding carboxylic acids is 1. The minimum absolute atomic E-state index is 0.230. The molecule has 0 radical (unpaired) electrons. The standard InChI is InChI=1S/C11H16N2OS/c1-8-13-7-9(15-8)10(14)11(12-2)5-3-4-6-11/h7,12H,3-6H2,1-2H3. The Morgan fingerprint density at radius 2 is 2.20 bits per heavy atom. The van der Waals surface area contributed by atoms with Gasteiger partial charge in [-0.15, -0.1) is 11.3 Å². The van der Waals surface area contributed by atoms with Crippen LogP contribution in [0.15, 0.2) is 6.20 Å². The molecular formula is C11H16N2OS. The van der Waals surface area contributed by atoms with Crippen LogP contribution in [-0.4, -0.2) is 23.4 Å². The number of nitrogens with zero attached hydrogens (tertiary/aromatic N) is 1. The normalized spacial score (nSPS) is 19.3. The Labute approximate surface area is 93.9 Å². The number of Topliss-reactive ketones (excluding diaryl/α,β-unsaturated/α-hetero) is 1. The summed E-state index contributed by atoms with van der Waals surface area (Å²) in [6.07, 6.45) is 5.91. The number of likely N-dealkylation sites (N-methyl/N-ethyl adjacent to an activating group) is 1. The van der Waals surface area contributed by atoms with Crippen LogP contribution in [0.1, 0.15) is 40.4 Å². The third-order valence-electron chi connectivity index (χ3n) is 3.22. The molecule has 0 bridgehead atoms. The molecule has 15 heavy (non-hydrogen) atoms. The van der Waals surface area contributed by atoms with Gasteiger partial charge in [0.05, 0.1) is 15.4 Å². The molecule has 1 N–H and O–H groups in total. The Hall–Kier alpha value is -0.740. The van der Waals surface area contributed by atoms with Crippen molar-refractivity contribution in [2.24, 2.45) is 0 Å². The Morgan fingerprint density at radius 3 is 2.67 bits per heavy atom. The number of hydrogen-bond acceptors (Lipinski definition) is 4. The molecule has 1 heterocycles. The predicted molar refractivity (Wildman–Crippen MR) is 61.4 cm³/mol. The van der Waals surface area contributed by atoms with Gasteiger partial charge in [-0.2, -0.15) is 0 Å². The SMILES string of the molecule is CNC1(C(=O)c2cnc(C)s2)CCCC1. The van der Waals surface area contributed by atoms with E-state index in [0.29, 0.717) is 0 Å². The third kappa shape index (κ3) is 1.84. The highest BCUT2D eigenvalue weighted by Crippen LogP contribution is 2.33. The van der Waals surface area contributed by atoms with E-state index >= 15 is 0 Å². The van der Waals surface area contributed by atoms with Gasteiger partial charge in [-0.3, -0.25) is 4.79 Å². The number of hydrogen-bond donors (Lipinski definition) is 1. The molecule has 82 valence electrons. The average Bonchev–Trinajstić information content (AvgIpc) is 2.86. The van der Waals surface area contributed by atoms with Gasteiger partial charge in [0.1, 0.15) is 0 Å². The number of aromatic nitrogens is 1. The Morgan fingerprint density at radius 1 is 1.53 bits per heavy atom. The van der Waals surface area contributed by atoms with Gasteiger partial charge in [0.25, 0.3) is 0 Å². The molecule has 1 fully saturated rings. The van der Waals surface area contributed by atoms with Crippen molar-refractivity contribution in [3.8, 4) is 0 Å². The topological polar surface area (TPSA) is 42.0 Å². The highest BCUT2D eigenvalue weighted by atomic mass is 32.1. The second-order valence-corrected chi connectivity index (χ2v) is 5.35. The van der Waals surface area contributed by atoms with Gasteiger partial charge in [-0.25, -0.2) is 4.98 Å². The summed E-state index contributed by atoms with van der Waals surface area (Å²) in [5.74, 6) is 0.230. The summed E-state index contributed by atoms with van der Waals surface area (Å²) in [4.78, 5) is 17.3. The molecule has 0 aliphatic heterocycles. The van der Waals surface area contributed by atoms with Gasteiger partial charge in [0, 0.05) is 6.20 Å². The molecule has 0 atom stereocenters. The molecule has 1 aromatic rings. The molecule has 1 saturated carbocycles. The number of rotatable bonds is 3. The van der Waals surface area contributed by atoms with Crippen LogP contribution in [0.2, 0.25) is 0 Å². The first kappa shape index (κ1) is 10.8. The monoisotopic (exact) mass is 224 g/mol. The summed E-state index contributed by atoms with van der Waals surface area (Å²) < 4.78 is 0. The first-order chi connectivity index (χ1) is 7.18. The van der Waals surface area contributed by atoms with Crippen molar-refractivity contribution in [2.75, 3.05) is 7.05 Å². The van der Waals surface area contributed by atoms with E-state index in [1.54, 1.807) is 6.20 Å². The highest BCUT2D eigenvalue weighted by molar-refractivity contribution is 7.13. The predicted octanol–water partition coefficient (Wildman–Crippen LogP) is 2.17. The summed E-state index contributed by atoms with van der Waals surface area (Å²) in [7, 11) is 1.89. The number of aryl methyl sites for hydroxylation is 1. The lowest BCUT2D eigenvalue weighted by molar-refractivity contribution is 0.0867. The van der Waals surface area contributed by atoms with Crippen LogP contribution in [0.25, 0.3) is 0 Å². The lowest BCUT2D eigenvalue weighted by Crippen LogP contribution is -2.47. The zero-order chi connectivity index (χ0) is 10.9. The molecule has 0 amide bonds. The van der Waals surface area contributed by atoms with Gasteiger partial charge in [0.2, 0.25) is 0 Å². The van der Waals surface area contributed by atoms with Gasteiger partial charge < -0.3 is 5.32 Å². The van der Waals surface area contributed by atoms with Gasteiger partial charge in [-0.1, -0.05) is 12.8 Å². The molecule has 2 rings (SSSR count). The van der Waals surface area contributed by atoms with Crippen LogP contribution in [0.4, 0.5) is 0 Å². The fraction of sp³-hybridized carbons (Fsp3) is 0.636. The minimum atomic E-state index is -0.307. The zero-order valence-electron chi connectivity index (χ0n) is 9.17. The van der Waals surface area contributed by atoms with E-state index in [4.69, 9.17) is 0 Å². The van der Waals surface area contributed by atoms with Gasteiger partial charge in [-0.05, 0) is 26.8 Å². The maximum atomic E-state index is 12.3. The second-order valence-electron chi connectivity index (χ2n) is 4.11. The quantitative estimate of drug-likeness (QED) is 0.800. The smallest absolute Gasteiger partial charge is 0.194 e. The highest BCUT2D eigenvalue weighted by Gasteiger charge is 2.40. The fourth-order valence-electron chi connectivity index (χ4n) is 2.27. The van der Waals surface area contributed by atoms with Gasteiger partial charge >= 0.3 is 0 Å². The Kier molecular flexibility index (Phi) is 2.89. The Balaban J connectivity index is 2.26. The summed E-state index contributed by atoms with van der Waals surface area (Å²) in [5.41, 5.74) is -0.307. The minimum Gasteiger partial charge on any atom is -0.308 e. The molecule has 0 spiro atoms. The maximum absolute atomic E-state index is 12.3. The van der Waals surface area contributed by atoms with E-state index in [1.807, 2.05) is 14.0 Å². The van der Waals surface area contributed by atoms with E-state index < -0.39 is 0 Å². The van der Waals surface area contributed by atoms with Crippen molar-refractivity contribution >= 4 is 17.1 Å². The van der Waals surface area contributed by atoms with E-state index in [-0.39, 0.29) is 11.3 Å².